The summed E-state index contributed by atoms with van der Waals surface area (Å²) in [5.74, 6) is 1.70. The van der Waals surface area contributed by atoms with Crippen molar-refractivity contribution in [2.45, 2.75) is 22.5 Å². The van der Waals surface area contributed by atoms with Crippen LogP contribution in [0.3, 0.4) is 0 Å². The fraction of sp³-hybridized carbons (Fsp3) is 0.360. The van der Waals surface area contributed by atoms with Crippen molar-refractivity contribution in [3.8, 4) is 11.4 Å². The molecule has 5 nitrogen and oxygen atoms in total. The monoisotopic (exact) mass is 450 g/mol. The number of hydrogen-bond acceptors (Lipinski definition) is 6. The summed E-state index contributed by atoms with van der Waals surface area (Å²) in [5.41, 5.74) is 2.96. The van der Waals surface area contributed by atoms with Crippen molar-refractivity contribution in [1.29, 1.82) is 0 Å². The zero-order chi connectivity index (χ0) is 21.8. The minimum absolute atomic E-state index is 0.00268. The summed E-state index contributed by atoms with van der Waals surface area (Å²) in [6.45, 7) is 3.02. The number of thioether (sulfide) groups is 1. The fourth-order valence-corrected chi connectivity index (χ4v) is 5.18. The van der Waals surface area contributed by atoms with E-state index >= 15 is 0 Å². The first kappa shape index (κ1) is 21.2. The average molecular weight is 451 g/mol. The molecular weight excluding hydrogens is 423 g/mol. The van der Waals surface area contributed by atoms with Gasteiger partial charge in [-0.2, -0.15) is 0 Å². The number of rotatable bonds is 8. The third kappa shape index (κ3) is 4.74. The number of nitrogens with one attached hydrogen (secondary N) is 1. The van der Waals surface area contributed by atoms with Crippen LogP contribution in [0.1, 0.15) is 18.5 Å². The van der Waals surface area contributed by atoms with E-state index in [1.807, 2.05) is 36.0 Å². The summed E-state index contributed by atoms with van der Waals surface area (Å²) in [6, 6.07) is 20.7. The van der Waals surface area contributed by atoms with Gasteiger partial charge in [0.2, 0.25) is 0 Å². The number of ether oxygens (including phenoxy) is 1. The average Bonchev–Trinajstić information content (AvgIpc) is 3.64. The lowest BCUT2D eigenvalue weighted by Crippen LogP contribution is -2.37. The lowest BCUT2D eigenvalue weighted by Gasteiger charge is -2.29. The molecule has 2 aliphatic rings. The molecule has 7 heteroatoms. The van der Waals surface area contributed by atoms with Crippen LogP contribution in [0.4, 0.5) is 15.9 Å². The number of halogens is 1. The summed E-state index contributed by atoms with van der Waals surface area (Å²) < 4.78 is 18.0. The topological polar surface area (TPSA) is 50.3 Å². The van der Waals surface area contributed by atoms with E-state index in [0.29, 0.717) is 19.8 Å². The number of hydrogen-bond donors (Lipinski definition) is 1. The molecule has 0 atom stereocenters. The van der Waals surface area contributed by atoms with Gasteiger partial charge in [0.05, 0.1) is 23.7 Å². The number of nitrogens with zero attached hydrogens (tertiary/aromatic N) is 3. The van der Waals surface area contributed by atoms with Gasteiger partial charge in [-0.25, -0.2) is 14.4 Å². The first-order valence-electron chi connectivity index (χ1n) is 11.1. The van der Waals surface area contributed by atoms with Crippen molar-refractivity contribution < 1.29 is 9.13 Å². The lowest BCUT2D eigenvalue weighted by molar-refractivity contribution is 0.122. The minimum atomic E-state index is -0.392. The molecule has 2 aromatic carbocycles. The first-order valence-corrected chi connectivity index (χ1v) is 11.9. The highest BCUT2D eigenvalue weighted by molar-refractivity contribution is 8.00. The fourth-order valence-electron chi connectivity index (χ4n) is 3.92. The quantitative estimate of drug-likeness (QED) is 0.513. The predicted octanol–water partition coefficient (Wildman–Crippen LogP) is 5.14. The molecule has 1 aliphatic carbocycles. The molecule has 0 amide bonds. The van der Waals surface area contributed by atoms with Gasteiger partial charge in [0.1, 0.15) is 12.5 Å². The maximum Gasteiger partial charge on any atom is 0.161 e. The molecule has 0 radical (unpaired) electrons. The van der Waals surface area contributed by atoms with E-state index in [4.69, 9.17) is 14.7 Å². The number of alkyl halides is 1. The Labute approximate surface area is 192 Å². The van der Waals surface area contributed by atoms with Crippen LogP contribution in [-0.4, -0.2) is 49.5 Å². The summed E-state index contributed by atoms with van der Waals surface area (Å²) in [7, 11) is 0. The molecule has 1 N–H and O–H groups in total. The standard InChI is InChI=1S/C25H27FN4OS/c26-12-13-27-20-8-6-19(7-9-20)24-28-22(18-23(29-24)30-14-16-31-17-15-30)25(10-11-25)32-21-4-2-1-3-5-21/h1-9,18,27H,10-17H2. The van der Waals surface area contributed by atoms with Crippen molar-refractivity contribution in [1.82, 2.24) is 9.97 Å². The molecule has 0 unspecified atom stereocenters. The SMILES string of the molecule is FCCNc1ccc(-c2nc(N3CCOCC3)cc(C3(Sc4ccccc4)CC3)n2)cc1. The Bertz CT molecular complexity index is 1040. The minimum Gasteiger partial charge on any atom is -0.382 e. The molecule has 32 heavy (non-hydrogen) atoms. The molecule has 166 valence electrons. The van der Waals surface area contributed by atoms with Crippen molar-refractivity contribution in [2.75, 3.05) is 49.7 Å². The normalized spacial score (nSPS) is 17.2. The van der Waals surface area contributed by atoms with Gasteiger partial charge in [0.15, 0.2) is 5.82 Å². The number of morpholine rings is 1. The van der Waals surface area contributed by atoms with Gasteiger partial charge in [-0.15, -0.1) is 11.8 Å². The van der Waals surface area contributed by atoms with E-state index in [-0.39, 0.29) is 4.75 Å². The molecule has 2 heterocycles. The first-order chi connectivity index (χ1) is 15.8. The van der Waals surface area contributed by atoms with Crippen molar-refractivity contribution >= 4 is 23.3 Å². The molecule has 1 saturated heterocycles. The maximum atomic E-state index is 12.5. The molecule has 0 spiro atoms. The van der Waals surface area contributed by atoms with Crippen LogP contribution in [0.5, 0.6) is 0 Å². The second-order valence-electron chi connectivity index (χ2n) is 8.14. The van der Waals surface area contributed by atoms with Gasteiger partial charge in [0.25, 0.3) is 0 Å². The predicted molar refractivity (Wildman–Crippen MR) is 128 cm³/mol. The molecule has 2 fully saturated rings. The Morgan fingerprint density at radius 2 is 1.75 bits per heavy atom. The number of aromatic nitrogens is 2. The number of anilines is 2. The zero-order valence-corrected chi connectivity index (χ0v) is 18.8. The van der Waals surface area contributed by atoms with Gasteiger partial charge in [0, 0.05) is 41.8 Å². The van der Waals surface area contributed by atoms with Crippen molar-refractivity contribution in [3.63, 3.8) is 0 Å². The molecule has 1 saturated carbocycles. The van der Waals surface area contributed by atoms with E-state index in [1.165, 1.54) is 4.90 Å². The molecule has 1 aliphatic heterocycles. The Hall–Kier alpha value is -2.64. The van der Waals surface area contributed by atoms with E-state index in [9.17, 15) is 4.39 Å². The lowest BCUT2D eigenvalue weighted by atomic mass is 10.1. The van der Waals surface area contributed by atoms with Gasteiger partial charge >= 0.3 is 0 Å². The molecule has 5 rings (SSSR count). The number of benzene rings is 2. The highest BCUT2D eigenvalue weighted by Crippen LogP contribution is 2.59. The Kier molecular flexibility index (Phi) is 6.28. The smallest absolute Gasteiger partial charge is 0.161 e. The van der Waals surface area contributed by atoms with Crippen LogP contribution in [0.25, 0.3) is 11.4 Å². The van der Waals surface area contributed by atoms with Crippen LogP contribution >= 0.6 is 11.8 Å². The Morgan fingerprint density at radius 3 is 2.44 bits per heavy atom. The zero-order valence-electron chi connectivity index (χ0n) is 18.0. The van der Waals surface area contributed by atoms with E-state index in [2.05, 4.69) is 46.6 Å². The highest BCUT2D eigenvalue weighted by Gasteiger charge is 2.47. The van der Waals surface area contributed by atoms with Gasteiger partial charge in [-0.3, -0.25) is 0 Å². The maximum absolute atomic E-state index is 12.5. The van der Waals surface area contributed by atoms with Gasteiger partial charge in [-0.05, 0) is 49.2 Å². The van der Waals surface area contributed by atoms with E-state index < -0.39 is 6.67 Å². The summed E-state index contributed by atoms with van der Waals surface area (Å²) in [6.07, 6.45) is 2.22. The Balaban J connectivity index is 1.49. The van der Waals surface area contributed by atoms with Crippen LogP contribution < -0.4 is 10.2 Å². The van der Waals surface area contributed by atoms with Crippen LogP contribution in [0.15, 0.2) is 65.6 Å². The second kappa shape index (κ2) is 9.46. The summed E-state index contributed by atoms with van der Waals surface area (Å²) in [5, 5.41) is 3.07. The summed E-state index contributed by atoms with van der Waals surface area (Å²) in [4.78, 5) is 13.5. The molecular formula is C25H27FN4OS. The molecule has 1 aromatic heterocycles. The Morgan fingerprint density at radius 1 is 1.00 bits per heavy atom. The van der Waals surface area contributed by atoms with Crippen LogP contribution in [0, 0.1) is 0 Å². The second-order valence-corrected chi connectivity index (χ2v) is 9.59. The third-order valence-corrected chi connectivity index (χ3v) is 7.36. The van der Waals surface area contributed by atoms with Crippen LogP contribution in [0.2, 0.25) is 0 Å². The highest BCUT2D eigenvalue weighted by atomic mass is 32.2. The van der Waals surface area contributed by atoms with Crippen molar-refractivity contribution in [2.24, 2.45) is 0 Å². The van der Waals surface area contributed by atoms with Crippen molar-refractivity contribution in [3.05, 3.63) is 66.4 Å². The molecule has 0 bridgehead atoms. The van der Waals surface area contributed by atoms with E-state index in [1.54, 1.807) is 0 Å². The van der Waals surface area contributed by atoms with Gasteiger partial charge in [-0.1, -0.05) is 18.2 Å². The van der Waals surface area contributed by atoms with E-state index in [0.717, 1.165) is 54.5 Å². The third-order valence-electron chi connectivity index (χ3n) is 5.84. The summed E-state index contributed by atoms with van der Waals surface area (Å²) >= 11 is 1.90. The van der Waals surface area contributed by atoms with Crippen LogP contribution in [-0.2, 0) is 9.48 Å². The van der Waals surface area contributed by atoms with Gasteiger partial charge < -0.3 is 15.0 Å². The molecule has 3 aromatic rings. The largest absolute Gasteiger partial charge is 0.382 e.